The molecule has 2 aromatic heterocycles. The third-order valence-electron chi connectivity index (χ3n) is 6.17. The fourth-order valence-corrected chi connectivity index (χ4v) is 4.37. The minimum atomic E-state index is 0.145. The van der Waals surface area contributed by atoms with E-state index < -0.39 is 0 Å². The average molecular weight is 488 g/mol. The van der Waals surface area contributed by atoms with Gasteiger partial charge in [-0.25, -0.2) is 9.97 Å². The maximum Gasteiger partial charge on any atom is 0.224 e. The fraction of sp³-hybridized carbons (Fsp3) is 0.308. The van der Waals surface area contributed by atoms with E-state index in [0.717, 1.165) is 37.4 Å². The zero-order valence-electron chi connectivity index (χ0n) is 20.3. The van der Waals surface area contributed by atoms with Crippen LogP contribution < -0.4 is 30.2 Å². The van der Waals surface area contributed by atoms with Crippen LogP contribution in [0.25, 0.3) is 22.4 Å². The Morgan fingerprint density at radius 3 is 2.67 bits per heavy atom. The Bertz CT molecular complexity index is 1340. The molecule has 3 N–H and O–H groups in total. The molecule has 36 heavy (non-hydrogen) atoms. The number of nitrogens with two attached hydrogens (primary N) is 1. The summed E-state index contributed by atoms with van der Waals surface area (Å²) >= 11 is 0. The second-order valence-corrected chi connectivity index (χ2v) is 8.40. The number of nitrogens with one attached hydrogen (secondary N) is 1. The molecule has 2 aromatic carbocycles. The monoisotopic (exact) mass is 487 g/mol. The number of ether oxygens (including phenoxy) is 3. The van der Waals surface area contributed by atoms with E-state index in [1.54, 1.807) is 20.4 Å². The maximum absolute atomic E-state index is 6.08. The highest BCUT2D eigenvalue weighted by molar-refractivity contribution is 5.86. The topological polar surface area (TPSA) is 121 Å². The van der Waals surface area contributed by atoms with Crippen molar-refractivity contribution in [3.8, 4) is 28.5 Å². The van der Waals surface area contributed by atoms with Crippen LogP contribution in [-0.4, -0.2) is 66.4 Å². The Morgan fingerprint density at radius 1 is 1.03 bits per heavy atom. The van der Waals surface area contributed by atoms with Gasteiger partial charge in [-0.2, -0.15) is 9.97 Å². The van der Waals surface area contributed by atoms with Crippen molar-refractivity contribution in [1.82, 2.24) is 25.3 Å². The highest BCUT2D eigenvalue weighted by Crippen LogP contribution is 2.33. The standard InChI is InChI=1S/C26H29N7O3/c1-34-21-9-8-17(14-22(21)35-2)20-16-29-24-23(30-20)25(32-26(27)31-24)33-12-11-28-15-18(33)10-13-36-19-6-4-3-5-7-19/h3-9,14,16,18,28H,10-13,15H2,1-2H3,(H2,27,29,31,32). The lowest BCUT2D eigenvalue weighted by atomic mass is 10.1. The molecule has 0 amide bonds. The number of nitrogen functional groups attached to an aromatic ring is 1. The maximum atomic E-state index is 6.08. The first-order valence-electron chi connectivity index (χ1n) is 11.8. The number of hydrogen-bond acceptors (Lipinski definition) is 10. The lowest BCUT2D eigenvalue weighted by molar-refractivity contribution is 0.286. The molecule has 1 unspecified atom stereocenters. The molecule has 186 valence electrons. The Balaban J connectivity index is 1.47. The largest absolute Gasteiger partial charge is 0.494 e. The van der Waals surface area contributed by atoms with Gasteiger partial charge >= 0.3 is 0 Å². The van der Waals surface area contributed by atoms with Crippen LogP contribution in [0.15, 0.2) is 54.7 Å². The second-order valence-electron chi connectivity index (χ2n) is 8.40. The molecule has 10 heteroatoms. The lowest BCUT2D eigenvalue weighted by Crippen LogP contribution is -2.52. The Kier molecular flexibility index (Phi) is 6.94. The van der Waals surface area contributed by atoms with Gasteiger partial charge in [-0.3, -0.25) is 0 Å². The third kappa shape index (κ3) is 4.94. The zero-order chi connectivity index (χ0) is 24.9. The average Bonchev–Trinajstić information content (AvgIpc) is 2.93. The summed E-state index contributed by atoms with van der Waals surface area (Å²) in [7, 11) is 3.21. The van der Waals surface area contributed by atoms with Crippen molar-refractivity contribution >= 4 is 22.9 Å². The highest BCUT2D eigenvalue weighted by atomic mass is 16.5. The quantitative estimate of drug-likeness (QED) is 0.384. The zero-order valence-corrected chi connectivity index (χ0v) is 20.3. The molecule has 1 aliphatic rings. The molecule has 0 bridgehead atoms. The fourth-order valence-electron chi connectivity index (χ4n) is 4.37. The smallest absolute Gasteiger partial charge is 0.224 e. The molecule has 1 fully saturated rings. The summed E-state index contributed by atoms with van der Waals surface area (Å²) in [5.41, 5.74) is 8.67. The van der Waals surface area contributed by atoms with E-state index in [4.69, 9.17) is 24.9 Å². The van der Waals surface area contributed by atoms with Gasteiger partial charge in [0.1, 0.15) is 5.75 Å². The van der Waals surface area contributed by atoms with Crippen LogP contribution in [0.4, 0.5) is 11.8 Å². The molecule has 0 radical (unpaired) electrons. The van der Waals surface area contributed by atoms with Crippen LogP contribution >= 0.6 is 0 Å². The van der Waals surface area contributed by atoms with Crippen molar-refractivity contribution in [1.29, 1.82) is 0 Å². The Labute approximate surface area is 209 Å². The molecule has 0 spiro atoms. The van der Waals surface area contributed by atoms with Crippen LogP contribution in [-0.2, 0) is 0 Å². The summed E-state index contributed by atoms with van der Waals surface area (Å²) in [4.78, 5) is 20.7. The normalized spacial score (nSPS) is 15.6. The molecule has 0 saturated carbocycles. The van der Waals surface area contributed by atoms with Gasteiger partial charge in [-0.15, -0.1) is 0 Å². The minimum absolute atomic E-state index is 0.145. The van der Waals surface area contributed by atoms with Crippen LogP contribution in [0.3, 0.4) is 0 Å². The van der Waals surface area contributed by atoms with Crippen molar-refractivity contribution in [3.05, 3.63) is 54.7 Å². The van der Waals surface area contributed by atoms with E-state index in [9.17, 15) is 0 Å². The summed E-state index contributed by atoms with van der Waals surface area (Å²) in [6, 6.07) is 15.6. The van der Waals surface area contributed by atoms with E-state index in [-0.39, 0.29) is 12.0 Å². The van der Waals surface area contributed by atoms with Crippen LogP contribution in [0, 0.1) is 0 Å². The van der Waals surface area contributed by atoms with E-state index >= 15 is 0 Å². The highest BCUT2D eigenvalue weighted by Gasteiger charge is 2.27. The lowest BCUT2D eigenvalue weighted by Gasteiger charge is -2.37. The summed E-state index contributed by atoms with van der Waals surface area (Å²) in [6.45, 7) is 2.95. The molecule has 10 nitrogen and oxygen atoms in total. The molecule has 0 aliphatic carbocycles. The van der Waals surface area contributed by atoms with Gasteiger partial charge in [-0.1, -0.05) is 18.2 Å². The van der Waals surface area contributed by atoms with Gasteiger partial charge in [0.25, 0.3) is 0 Å². The number of piperazine rings is 1. The minimum Gasteiger partial charge on any atom is -0.494 e. The molecule has 5 rings (SSSR count). The van der Waals surface area contributed by atoms with Crippen molar-refractivity contribution in [2.75, 3.05) is 51.1 Å². The number of aromatic nitrogens is 4. The molecule has 1 aliphatic heterocycles. The predicted octanol–water partition coefficient (Wildman–Crippen LogP) is 2.93. The Morgan fingerprint density at radius 2 is 1.86 bits per heavy atom. The number of rotatable bonds is 8. The van der Waals surface area contributed by atoms with Crippen molar-refractivity contribution < 1.29 is 14.2 Å². The van der Waals surface area contributed by atoms with E-state index in [0.29, 0.717) is 40.8 Å². The van der Waals surface area contributed by atoms with Gasteiger partial charge in [-0.05, 0) is 30.3 Å². The summed E-state index contributed by atoms with van der Waals surface area (Å²) in [6.07, 6.45) is 2.48. The van der Waals surface area contributed by atoms with Crippen LogP contribution in [0.5, 0.6) is 17.2 Å². The van der Waals surface area contributed by atoms with Crippen molar-refractivity contribution in [3.63, 3.8) is 0 Å². The first-order valence-corrected chi connectivity index (χ1v) is 11.8. The predicted molar refractivity (Wildman–Crippen MR) is 139 cm³/mol. The number of hydrogen-bond donors (Lipinski definition) is 2. The number of fused-ring (bicyclic) bond motifs is 1. The second kappa shape index (κ2) is 10.6. The summed E-state index contributed by atoms with van der Waals surface area (Å²) in [5.74, 6) is 2.97. The van der Waals surface area contributed by atoms with E-state index in [2.05, 4.69) is 25.2 Å². The molecule has 1 atom stereocenters. The van der Waals surface area contributed by atoms with Crippen LogP contribution in [0.2, 0.25) is 0 Å². The number of benzene rings is 2. The first kappa shape index (κ1) is 23.6. The van der Waals surface area contributed by atoms with Crippen molar-refractivity contribution in [2.24, 2.45) is 0 Å². The summed E-state index contributed by atoms with van der Waals surface area (Å²) in [5, 5.41) is 3.47. The van der Waals surface area contributed by atoms with Gasteiger partial charge in [0.15, 0.2) is 28.5 Å². The number of methoxy groups -OCH3 is 2. The molecule has 3 heterocycles. The Hall–Kier alpha value is -4.18. The molecular weight excluding hydrogens is 458 g/mol. The van der Waals surface area contributed by atoms with E-state index in [1.165, 1.54) is 0 Å². The van der Waals surface area contributed by atoms with E-state index in [1.807, 2.05) is 48.5 Å². The van der Waals surface area contributed by atoms with Gasteiger partial charge < -0.3 is 30.2 Å². The van der Waals surface area contributed by atoms with Gasteiger partial charge in [0.05, 0.1) is 32.7 Å². The first-order chi connectivity index (χ1) is 17.7. The van der Waals surface area contributed by atoms with Crippen molar-refractivity contribution in [2.45, 2.75) is 12.5 Å². The van der Waals surface area contributed by atoms with Gasteiger partial charge in [0, 0.05) is 37.7 Å². The molecule has 1 saturated heterocycles. The molecule has 4 aromatic rings. The number of anilines is 2. The van der Waals surface area contributed by atoms with Gasteiger partial charge in [0.2, 0.25) is 5.95 Å². The van der Waals surface area contributed by atoms with Crippen LogP contribution in [0.1, 0.15) is 6.42 Å². The SMILES string of the molecule is COc1ccc(-c2cnc3nc(N)nc(N4CCNCC4CCOc4ccccc4)c3n2)cc1OC. The third-order valence-corrected chi connectivity index (χ3v) is 6.17. The number of nitrogens with zero attached hydrogens (tertiary/aromatic N) is 5. The summed E-state index contributed by atoms with van der Waals surface area (Å²) < 4.78 is 16.8. The molecular formula is C26H29N7O3. The number of para-hydroxylation sites is 1.